The number of hydrogen-bond acceptors (Lipinski definition) is 10. The number of thiazole rings is 1. The maximum Gasteiger partial charge on any atom is 0.286 e. The van der Waals surface area contributed by atoms with E-state index in [1.54, 1.807) is 36.5 Å². The van der Waals surface area contributed by atoms with Crippen LogP contribution in [0.1, 0.15) is 16.1 Å². The van der Waals surface area contributed by atoms with E-state index in [0.717, 1.165) is 6.07 Å². The molecule has 12 heteroatoms. The van der Waals surface area contributed by atoms with Crippen molar-refractivity contribution in [3.8, 4) is 23.0 Å². The summed E-state index contributed by atoms with van der Waals surface area (Å²) in [5.41, 5.74) is 0.441. The van der Waals surface area contributed by atoms with Crippen LogP contribution in [0, 0.1) is 10.1 Å². The molecule has 0 atom stereocenters. The van der Waals surface area contributed by atoms with Gasteiger partial charge >= 0.3 is 0 Å². The van der Waals surface area contributed by atoms with E-state index < -0.39 is 16.5 Å². The highest BCUT2D eigenvalue weighted by molar-refractivity contribution is 7.22. The summed E-state index contributed by atoms with van der Waals surface area (Å²) in [7, 11) is 5.79. The number of nitro benzene ring substituents is 1. The fraction of sp³-hybridized carbons (Fsp3) is 0.208. The number of hydrogen-bond donors (Lipinski definition) is 0. The average molecular weight is 511 g/mol. The number of anilines is 1. The van der Waals surface area contributed by atoms with Crippen molar-refractivity contribution in [3.63, 3.8) is 0 Å². The molecular formula is C24H22N4O7S. The molecule has 0 saturated carbocycles. The number of methoxy groups -OCH3 is 4. The molecule has 0 radical (unpaired) electrons. The number of amides is 1. The summed E-state index contributed by atoms with van der Waals surface area (Å²) in [6.45, 7) is 0.00955. The van der Waals surface area contributed by atoms with Crippen LogP contribution in [-0.2, 0) is 6.54 Å². The normalized spacial score (nSPS) is 10.7. The number of fused-ring (bicyclic) bond motifs is 1. The van der Waals surface area contributed by atoms with Crippen molar-refractivity contribution in [1.29, 1.82) is 0 Å². The Morgan fingerprint density at radius 1 is 0.972 bits per heavy atom. The number of aromatic nitrogens is 2. The van der Waals surface area contributed by atoms with Crippen LogP contribution in [0.25, 0.3) is 10.2 Å². The van der Waals surface area contributed by atoms with E-state index in [1.165, 1.54) is 50.7 Å². The zero-order chi connectivity index (χ0) is 25.8. The van der Waals surface area contributed by atoms with E-state index in [9.17, 15) is 14.9 Å². The molecule has 0 bridgehead atoms. The third-order valence-electron chi connectivity index (χ3n) is 5.35. The van der Waals surface area contributed by atoms with Gasteiger partial charge in [-0.2, -0.15) is 0 Å². The van der Waals surface area contributed by atoms with Crippen LogP contribution in [0.3, 0.4) is 0 Å². The summed E-state index contributed by atoms with van der Waals surface area (Å²) in [6, 6.07) is 11.2. The second-order valence-corrected chi connectivity index (χ2v) is 8.32. The van der Waals surface area contributed by atoms with E-state index in [-0.39, 0.29) is 28.7 Å². The van der Waals surface area contributed by atoms with Gasteiger partial charge in [-0.25, -0.2) is 4.98 Å². The monoisotopic (exact) mass is 510 g/mol. The Morgan fingerprint density at radius 2 is 1.64 bits per heavy atom. The molecule has 0 N–H and O–H groups in total. The summed E-state index contributed by atoms with van der Waals surface area (Å²) < 4.78 is 22.1. The highest BCUT2D eigenvalue weighted by Crippen LogP contribution is 2.42. The predicted octanol–water partition coefficient (Wildman–Crippen LogP) is 4.48. The lowest BCUT2D eigenvalue weighted by atomic mass is 10.1. The maximum absolute atomic E-state index is 13.9. The van der Waals surface area contributed by atoms with Crippen molar-refractivity contribution in [2.45, 2.75) is 6.54 Å². The van der Waals surface area contributed by atoms with Gasteiger partial charge in [0.1, 0.15) is 27.3 Å². The first kappa shape index (κ1) is 24.7. The Labute approximate surface area is 210 Å². The first-order valence-corrected chi connectivity index (χ1v) is 11.4. The molecule has 2 aromatic heterocycles. The van der Waals surface area contributed by atoms with Gasteiger partial charge in [0.2, 0.25) is 0 Å². The number of nitrogens with zero attached hydrogens (tertiary/aromatic N) is 4. The van der Waals surface area contributed by atoms with Crippen LogP contribution in [-0.4, -0.2) is 49.2 Å². The van der Waals surface area contributed by atoms with Crippen molar-refractivity contribution in [2.75, 3.05) is 33.3 Å². The van der Waals surface area contributed by atoms with Crippen molar-refractivity contribution >= 4 is 38.3 Å². The van der Waals surface area contributed by atoms with E-state index in [4.69, 9.17) is 18.9 Å². The van der Waals surface area contributed by atoms with Gasteiger partial charge in [0, 0.05) is 12.3 Å². The van der Waals surface area contributed by atoms with Gasteiger partial charge in [-0.1, -0.05) is 17.4 Å². The molecule has 0 unspecified atom stereocenters. The summed E-state index contributed by atoms with van der Waals surface area (Å²) in [6.07, 6.45) is 1.60. The number of benzene rings is 2. The van der Waals surface area contributed by atoms with Crippen LogP contribution < -0.4 is 23.8 Å². The molecule has 0 spiro atoms. The Kier molecular flexibility index (Phi) is 7.15. The molecule has 11 nitrogen and oxygen atoms in total. The molecule has 4 rings (SSSR count). The largest absolute Gasteiger partial charge is 0.495 e. The topological polar surface area (TPSA) is 126 Å². The molecule has 0 aliphatic carbocycles. The van der Waals surface area contributed by atoms with Crippen molar-refractivity contribution in [3.05, 3.63) is 70.0 Å². The highest BCUT2D eigenvalue weighted by Gasteiger charge is 2.31. The van der Waals surface area contributed by atoms with Crippen molar-refractivity contribution in [1.82, 2.24) is 9.97 Å². The molecule has 2 aromatic carbocycles. The Bertz CT molecular complexity index is 1380. The zero-order valence-corrected chi connectivity index (χ0v) is 20.7. The fourth-order valence-electron chi connectivity index (χ4n) is 3.61. The predicted molar refractivity (Wildman–Crippen MR) is 134 cm³/mol. The van der Waals surface area contributed by atoms with E-state index >= 15 is 0 Å². The van der Waals surface area contributed by atoms with Crippen LogP contribution in [0.15, 0.2) is 48.7 Å². The molecule has 0 aliphatic rings. The van der Waals surface area contributed by atoms with Gasteiger partial charge in [-0.05, 0) is 24.3 Å². The van der Waals surface area contributed by atoms with E-state index in [0.29, 0.717) is 27.4 Å². The fourth-order valence-corrected chi connectivity index (χ4v) is 4.68. The molecular weight excluding hydrogens is 488 g/mol. The summed E-state index contributed by atoms with van der Waals surface area (Å²) in [4.78, 5) is 35.5. The second-order valence-electron chi connectivity index (χ2n) is 7.34. The molecule has 0 fully saturated rings. The van der Waals surface area contributed by atoms with Crippen LogP contribution in [0.4, 0.5) is 10.8 Å². The molecule has 1 amide bonds. The van der Waals surface area contributed by atoms with Gasteiger partial charge in [-0.15, -0.1) is 0 Å². The number of carbonyl (C=O) groups is 1. The second kappa shape index (κ2) is 10.4. The third-order valence-corrected chi connectivity index (χ3v) is 6.44. The molecule has 0 saturated heterocycles. The van der Waals surface area contributed by atoms with Gasteiger partial charge < -0.3 is 18.9 Å². The molecule has 36 heavy (non-hydrogen) atoms. The molecule has 0 aliphatic heterocycles. The minimum atomic E-state index is -0.662. The quantitative estimate of drug-likeness (QED) is 0.237. The Balaban J connectivity index is 1.91. The number of carbonyl (C=O) groups excluding carboxylic acids is 1. The first-order valence-electron chi connectivity index (χ1n) is 10.6. The summed E-state index contributed by atoms with van der Waals surface area (Å²) in [5.74, 6) is 0.696. The summed E-state index contributed by atoms with van der Waals surface area (Å²) in [5, 5.41) is 12.2. The minimum absolute atomic E-state index is 0.00955. The first-order chi connectivity index (χ1) is 17.4. The molecule has 2 heterocycles. The van der Waals surface area contributed by atoms with Crippen molar-refractivity contribution in [2.24, 2.45) is 0 Å². The number of ether oxygens (including phenoxy) is 4. The van der Waals surface area contributed by atoms with Gasteiger partial charge in [0.15, 0.2) is 16.6 Å². The van der Waals surface area contributed by atoms with Crippen LogP contribution in [0.2, 0.25) is 0 Å². The van der Waals surface area contributed by atoms with E-state index in [2.05, 4.69) is 9.97 Å². The van der Waals surface area contributed by atoms with Crippen LogP contribution >= 0.6 is 11.3 Å². The van der Waals surface area contributed by atoms with Crippen molar-refractivity contribution < 1.29 is 28.7 Å². The summed E-state index contributed by atoms with van der Waals surface area (Å²) >= 11 is 1.20. The lowest BCUT2D eigenvalue weighted by molar-refractivity contribution is -0.385. The number of nitro groups is 1. The zero-order valence-electron chi connectivity index (χ0n) is 19.9. The maximum atomic E-state index is 13.9. The highest BCUT2D eigenvalue weighted by atomic mass is 32.1. The standard InChI is InChI=1S/C24H22N4O7S/c1-32-17-8-9-18(33-2)22-21(17)26-24(36-22)27(13-14-7-5-6-10-25-14)23(29)15-11-19(34-3)20(35-4)12-16(15)28(30)31/h5-12H,13H2,1-4H3. The number of rotatable bonds is 9. The lowest BCUT2D eigenvalue weighted by Crippen LogP contribution is -2.31. The van der Waals surface area contributed by atoms with Crippen LogP contribution in [0.5, 0.6) is 23.0 Å². The Hall–Kier alpha value is -4.45. The minimum Gasteiger partial charge on any atom is -0.495 e. The van der Waals surface area contributed by atoms with E-state index in [1.807, 2.05) is 0 Å². The molecule has 186 valence electrons. The average Bonchev–Trinajstić information content (AvgIpc) is 3.35. The SMILES string of the molecule is COc1cc(C(=O)N(Cc2ccccn2)c2nc3c(OC)ccc(OC)c3s2)c([N+](=O)[O-])cc1OC. The Morgan fingerprint density at radius 3 is 2.25 bits per heavy atom. The third kappa shape index (κ3) is 4.58. The smallest absolute Gasteiger partial charge is 0.286 e. The van der Waals surface area contributed by atoms with Gasteiger partial charge in [0.25, 0.3) is 11.6 Å². The molecule has 4 aromatic rings. The van der Waals surface area contributed by atoms with Gasteiger partial charge in [0.05, 0.1) is 51.7 Å². The number of pyridine rings is 1. The van der Waals surface area contributed by atoms with Gasteiger partial charge in [-0.3, -0.25) is 24.8 Å². The lowest BCUT2D eigenvalue weighted by Gasteiger charge is -2.20.